The summed E-state index contributed by atoms with van der Waals surface area (Å²) in [6, 6.07) is 18.3. The third-order valence-corrected chi connectivity index (χ3v) is 6.61. The number of Topliss-reactive ketones (excluding diaryl/α,β-unsaturated/α-hetero) is 1. The maximum Gasteiger partial charge on any atom is 0.300 e. The SMILES string of the molecule is CCOc1ccc(C2/C(=C(\O)c3ccc(Cl)cc3)C(=O)C(=O)N2c2ccc(C)c(Br)c2)cc1. The van der Waals surface area contributed by atoms with Gasteiger partial charge in [-0.25, -0.2) is 0 Å². The van der Waals surface area contributed by atoms with Gasteiger partial charge in [-0.1, -0.05) is 45.7 Å². The average Bonchev–Trinajstić information content (AvgIpc) is 3.07. The Balaban J connectivity index is 1.91. The van der Waals surface area contributed by atoms with Gasteiger partial charge in [-0.15, -0.1) is 0 Å². The molecule has 1 heterocycles. The Labute approximate surface area is 205 Å². The zero-order chi connectivity index (χ0) is 23.7. The van der Waals surface area contributed by atoms with Crippen LogP contribution in [0.1, 0.15) is 29.7 Å². The fraction of sp³-hybridized carbons (Fsp3) is 0.154. The normalized spacial score (nSPS) is 17.5. The lowest BCUT2D eigenvalue weighted by atomic mass is 9.95. The number of hydrogen-bond acceptors (Lipinski definition) is 4. The molecule has 0 bridgehead atoms. The van der Waals surface area contributed by atoms with Gasteiger partial charge in [0.15, 0.2) is 0 Å². The molecule has 0 radical (unpaired) electrons. The smallest absolute Gasteiger partial charge is 0.300 e. The Morgan fingerprint density at radius 1 is 1.06 bits per heavy atom. The number of aliphatic hydroxyl groups is 1. The second-order valence-corrected chi connectivity index (χ2v) is 8.90. The maximum absolute atomic E-state index is 13.2. The number of rotatable bonds is 5. The van der Waals surface area contributed by atoms with Crippen LogP contribution < -0.4 is 9.64 Å². The van der Waals surface area contributed by atoms with Gasteiger partial charge in [0.1, 0.15) is 11.5 Å². The molecule has 3 aromatic rings. The molecule has 1 atom stereocenters. The van der Waals surface area contributed by atoms with E-state index in [-0.39, 0.29) is 11.3 Å². The molecule has 1 aliphatic heterocycles. The van der Waals surface area contributed by atoms with Crippen molar-refractivity contribution in [3.63, 3.8) is 0 Å². The van der Waals surface area contributed by atoms with E-state index in [9.17, 15) is 14.7 Å². The second kappa shape index (κ2) is 9.41. The van der Waals surface area contributed by atoms with E-state index < -0.39 is 17.7 Å². The summed E-state index contributed by atoms with van der Waals surface area (Å²) < 4.78 is 6.34. The standard InChI is InChI=1S/C26H21BrClNO4/c1-3-33-20-12-7-16(8-13-20)23-22(24(30)17-5-9-18(28)10-6-17)25(31)26(32)29(23)19-11-4-15(2)21(27)14-19/h4-14,23,30H,3H2,1-2H3/b24-22+. The highest BCUT2D eigenvalue weighted by molar-refractivity contribution is 9.10. The molecule has 4 rings (SSSR count). The van der Waals surface area contributed by atoms with Crippen LogP contribution in [0.4, 0.5) is 5.69 Å². The van der Waals surface area contributed by atoms with Crippen LogP contribution in [-0.4, -0.2) is 23.4 Å². The first kappa shape index (κ1) is 23.1. The van der Waals surface area contributed by atoms with E-state index >= 15 is 0 Å². The van der Waals surface area contributed by atoms with E-state index in [1.165, 1.54) is 4.90 Å². The molecular formula is C26H21BrClNO4. The van der Waals surface area contributed by atoms with Crippen LogP contribution in [0.2, 0.25) is 5.02 Å². The highest BCUT2D eigenvalue weighted by Crippen LogP contribution is 2.43. The number of aliphatic hydroxyl groups excluding tert-OH is 1. The molecule has 5 nitrogen and oxygen atoms in total. The molecule has 0 aliphatic carbocycles. The number of carbonyl (C=O) groups is 2. The summed E-state index contributed by atoms with van der Waals surface area (Å²) in [5, 5.41) is 11.6. The van der Waals surface area contributed by atoms with E-state index in [1.807, 2.05) is 19.9 Å². The largest absolute Gasteiger partial charge is 0.507 e. The minimum atomic E-state index is -0.814. The number of hydrogen-bond donors (Lipinski definition) is 1. The van der Waals surface area contributed by atoms with Crippen molar-refractivity contribution >= 4 is 50.7 Å². The Morgan fingerprint density at radius 3 is 2.33 bits per heavy atom. The third kappa shape index (κ3) is 4.41. The van der Waals surface area contributed by atoms with Gasteiger partial charge in [0, 0.05) is 20.7 Å². The number of benzene rings is 3. The molecule has 0 aromatic heterocycles. The highest BCUT2D eigenvalue weighted by Gasteiger charge is 2.47. The molecule has 0 saturated carbocycles. The summed E-state index contributed by atoms with van der Waals surface area (Å²) in [6.07, 6.45) is 0. The minimum absolute atomic E-state index is 0.0168. The second-order valence-electron chi connectivity index (χ2n) is 7.61. The summed E-state index contributed by atoms with van der Waals surface area (Å²) in [5.41, 5.74) is 2.63. The van der Waals surface area contributed by atoms with Gasteiger partial charge in [0.25, 0.3) is 11.7 Å². The zero-order valence-corrected chi connectivity index (χ0v) is 20.4. The van der Waals surface area contributed by atoms with E-state index in [0.717, 1.165) is 10.0 Å². The zero-order valence-electron chi connectivity index (χ0n) is 18.0. The molecule has 1 N–H and O–H groups in total. The topological polar surface area (TPSA) is 66.8 Å². The first-order chi connectivity index (χ1) is 15.8. The van der Waals surface area contributed by atoms with Crippen molar-refractivity contribution in [3.8, 4) is 5.75 Å². The fourth-order valence-corrected chi connectivity index (χ4v) is 4.31. The maximum atomic E-state index is 13.2. The van der Waals surface area contributed by atoms with Crippen molar-refractivity contribution in [2.75, 3.05) is 11.5 Å². The fourth-order valence-electron chi connectivity index (χ4n) is 3.82. The van der Waals surface area contributed by atoms with Gasteiger partial charge in [-0.05, 0) is 73.5 Å². The quantitative estimate of drug-likeness (QED) is 0.236. The number of anilines is 1. The minimum Gasteiger partial charge on any atom is -0.507 e. The first-order valence-electron chi connectivity index (χ1n) is 10.4. The van der Waals surface area contributed by atoms with Crippen LogP contribution in [0.25, 0.3) is 5.76 Å². The first-order valence-corrected chi connectivity index (χ1v) is 11.5. The molecule has 1 saturated heterocycles. The Bertz CT molecular complexity index is 1250. The predicted molar refractivity (Wildman–Crippen MR) is 133 cm³/mol. The number of halogens is 2. The van der Waals surface area contributed by atoms with Gasteiger partial charge < -0.3 is 9.84 Å². The molecule has 168 valence electrons. The van der Waals surface area contributed by atoms with Crippen molar-refractivity contribution in [1.82, 2.24) is 0 Å². The molecule has 1 unspecified atom stereocenters. The lowest BCUT2D eigenvalue weighted by Gasteiger charge is -2.26. The number of nitrogens with zero attached hydrogens (tertiary/aromatic N) is 1. The number of ether oxygens (including phenoxy) is 1. The van der Waals surface area contributed by atoms with E-state index in [1.54, 1.807) is 60.7 Å². The number of carbonyl (C=O) groups excluding carboxylic acids is 2. The lowest BCUT2D eigenvalue weighted by Crippen LogP contribution is -2.29. The van der Waals surface area contributed by atoms with Crippen molar-refractivity contribution in [2.45, 2.75) is 19.9 Å². The molecule has 3 aromatic carbocycles. The van der Waals surface area contributed by atoms with Gasteiger partial charge in [-0.2, -0.15) is 0 Å². The molecular weight excluding hydrogens is 506 g/mol. The van der Waals surface area contributed by atoms with Crippen LogP contribution in [-0.2, 0) is 9.59 Å². The molecule has 7 heteroatoms. The monoisotopic (exact) mass is 525 g/mol. The number of ketones is 1. The highest BCUT2D eigenvalue weighted by atomic mass is 79.9. The van der Waals surface area contributed by atoms with Crippen LogP contribution in [0.5, 0.6) is 5.75 Å². The average molecular weight is 527 g/mol. The lowest BCUT2D eigenvalue weighted by molar-refractivity contribution is -0.132. The molecule has 33 heavy (non-hydrogen) atoms. The van der Waals surface area contributed by atoms with Crippen molar-refractivity contribution in [2.24, 2.45) is 0 Å². The summed E-state index contributed by atoms with van der Waals surface area (Å²) in [6.45, 7) is 4.35. The van der Waals surface area contributed by atoms with Crippen molar-refractivity contribution in [1.29, 1.82) is 0 Å². The molecule has 1 amide bonds. The summed E-state index contributed by atoms with van der Waals surface area (Å²) >= 11 is 9.49. The Hall–Kier alpha value is -3.09. The van der Waals surface area contributed by atoms with E-state index in [0.29, 0.717) is 34.2 Å². The Kier molecular flexibility index (Phi) is 6.58. The summed E-state index contributed by atoms with van der Waals surface area (Å²) in [7, 11) is 0. The van der Waals surface area contributed by atoms with Crippen LogP contribution >= 0.6 is 27.5 Å². The number of aryl methyl sites for hydroxylation is 1. The van der Waals surface area contributed by atoms with Crippen molar-refractivity contribution in [3.05, 3.63) is 98.5 Å². The predicted octanol–water partition coefficient (Wildman–Crippen LogP) is 6.44. The summed E-state index contributed by atoms with van der Waals surface area (Å²) in [4.78, 5) is 27.8. The molecule has 0 spiro atoms. The van der Waals surface area contributed by atoms with Crippen LogP contribution in [0.15, 0.2) is 76.8 Å². The summed E-state index contributed by atoms with van der Waals surface area (Å²) in [5.74, 6) is -1.04. The van der Waals surface area contributed by atoms with Crippen molar-refractivity contribution < 1.29 is 19.4 Å². The van der Waals surface area contributed by atoms with Gasteiger partial charge in [-0.3, -0.25) is 14.5 Å². The van der Waals surface area contributed by atoms with Crippen LogP contribution in [0, 0.1) is 6.92 Å². The van der Waals surface area contributed by atoms with Gasteiger partial charge >= 0.3 is 0 Å². The van der Waals surface area contributed by atoms with E-state index in [4.69, 9.17) is 16.3 Å². The molecule has 1 aliphatic rings. The third-order valence-electron chi connectivity index (χ3n) is 5.50. The van der Waals surface area contributed by atoms with Gasteiger partial charge in [0.2, 0.25) is 0 Å². The van der Waals surface area contributed by atoms with E-state index in [2.05, 4.69) is 15.9 Å². The number of amides is 1. The Morgan fingerprint density at radius 2 is 1.73 bits per heavy atom. The van der Waals surface area contributed by atoms with Crippen LogP contribution in [0.3, 0.4) is 0 Å². The molecule has 1 fully saturated rings. The van der Waals surface area contributed by atoms with Gasteiger partial charge in [0.05, 0.1) is 18.2 Å².